The van der Waals surface area contributed by atoms with Gasteiger partial charge in [-0.05, 0) is 30.2 Å². The van der Waals surface area contributed by atoms with Crippen molar-refractivity contribution in [2.45, 2.75) is 33.2 Å². The lowest BCUT2D eigenvalue weighted by Crippen LogP contribution is -2.22. The molecule has 2 aromatic rings. The molecule has 1 atom stereocenters. The number of hydrogen-bond acceptors (Lipinski definition) is 3. The molecule has 0 aliphatic rings. The normalized spacial score (nSPS) is 11.5. The second-order valence-corrected chi connectivity index (χ2v) is 5.37. The Morgan fingerprint density at radius 2 is 1.75 bits per heavy atom. The molecule has 0 fully saturated rings. The first kappa shape index (κ1) is 19.8. The first-order valence-corrected chi connectivity index (χ1v) is 8.13. The number of carbonyl (C=O) groups is 1. The SMILES string of the molecule is CC.Cc1ccc(CC(N=Cc2ccc(Cl)cc2)C(=O)OF)cc1. The van der Waals surface area contributed by atoms with Crippen molar-refractivity contribution in [3.63, 3.8) is 0 Å². The first-order valence-electron chi connectivity index (χ1n) is 7.75. The molecule has 3 nitrogen and oxygen atoms in total. The molecule has 0 aromatic heterocycles. The Kier molecular flexibility index (Phi) is 8.72. The molecule has 24 heavy (non-hydrogen) atoms. The van der Waals surface area contributed by atoms with Gasteiger partial charge in [0.05, 0.1) is 0 Å². The van der Waals surface area contributed by atoms with Crippen molar-refractivity contribution in [1.29, 1.82) is 0 Å². The van der Waals surface area contributed by atoms with Crippen molar-refractivity contribution >= 4 is 23.8 Å². The predicted octanol–water partition coefficient (Wildman–Crippen LogP) is 5.13. The molecule has 0 aliphatic carbocycles. The third kappa shape index (κ3) is 6.50. The number of halogens is 2. The predicted molar refractivity (Wildman–Crippen MR) is 96.3 cm³/mol. The van der Waals surface area contributed by atoms with E-state index in [-0.39, 0.29) is 6.42 Å². The molecular formula is C19H21ClFNO2. The molecule has 0 spiro atoms. The van der Waals surface area contributed by atoms with E-state index >= 15 is 0 Å². The quantitative estimate of drug-likeness (QED) is 0.701. The van der Waals surface area contributed by atoms with Gasteiger partial charge in [0.2, 0.25) is 0 Å². The maximum atomic E-state index is 12.2. The van der Waals surface area contributed by atoms with Crippen molar-refractivity contribution < 1.29 is 14.3 Å². The Balaban J connectivity index is 0.00000139. The summed E-state index contributed by atoms with van der Waals surface area (Å²) in [5.41, 5.74) is 2.76. The molecular weight excluding hydrogens is 329 g/mol. The third-order valence-corrected chi connectivity index (χ3v) is 3.42. The van der Waals surface area contributed by atoms with Crippen LogP contribution in [0.2, 0.25) is 5.02 Å². The molecule has 0 amide bonds. The van der Waals surface area contributed by atoms with Gasteiger partial charge in [0.25, 0.3) is 0 Å². The standard InChI is InChI=1S/C17H15ClFNO2.C2H6/c1-12-2-4-13(5-3-12)10-16(17(21)22-19)20-11-14-6-8-15(18)9-7-14;1-2/h2-9,11,16H,10H2,1H3;1-2H3. The van der Waals surface area contributed by atoms with E-state index in [2.05, 4.69) is 9.93 Å². The zero-order valence-corrected chi connectivity index (χ0v) is 14.8. The summed E-state index contributed by atoms with van der Waals surface area (Å²) in [7, 11) is 0. The fourth-order valence-corrected chi connectivity index (χ4v) is 2.05. The van der Waals surface area contributed by atoms with Gasteiger partial charge in [-0.15, -0.1) is 0 Å². The van der Waals surface area contributed by atoms with E-state index < -0.39 is 12.0 Å². The molecule has 0 saturated heterocycles. The highest BCUT2D eigenvalue weighted by atomic mass is 35.5. The van der Waals surface area contributed by atoms with E-state index in [0.29, 0.717) is 5.02 Å². The summed E-state index contributed by atoms with van der Waals surface area (Å²) >= 11 is 5.80. The van der Waals surface area contributed by atoms with Crippen molar-refractivity contribution in [2.24, 2.45) is 4.99 Å². The minimum Gasteiger partial charge on any atom is -0.277 e. The highest BCUT2D eigenvalue weighted by Crippen LogP contribution is 2.11. The van der Waals surface area contributed by atoms with Gasteiger partial charge in [-0.3, -0.25) is 9.93 Å². The van der Waals surface area contributed by atoms with Crippen LogP contribution < -0.4 is 0 Å². The number of nitrogens with zero attached hydrogens (tertiary/aromatic N) is 1. The van der Waals surface area contributed by atoms with Crippen LogP contribution in [0.15, 0.2) is 53.5 Å². The molecule has 0 N–H and O–H groups in total. The maximum Gasteiger partial charge on any atom is 0.373 e. The van der Waals surface area contributed by atoms with Crippen molar-refractivity contribution in [3.05, 3.63) is 70.2 Å². The maximum absolute atomic E-state index is 12.2. The molecule has 0 heterocycles. The van der Waals surface area contributed by atoms with Gasteiger partial charge < -0.3 is 0 Å². The van der Waals surface area contributed by atoms with E-state index in [1.165, 1.54) is 6.21 Å². The monoisotopic (exact) mass is 349 g/mol. The Morgan fingerprint density at radius 3 is 2.29 bits per heavy atom. The summed E-state index contributed by atoms with van der Waals surface area (Å²) in [6.45, 7) is 5.97. The van der Waals surface area contributed by atoms with Crippen molar-refractivity contribution in [1.82, 2.24) is 0 Å². The number of rotatable bonds is 5. The molecule has 5 heteroatoms. The minimum atomic E-state index is -1.01. The minimum absolute atomic E-state index is 0.271. The van der Waals surface area contributed by atoms with E-state index in [0.717, 1.165) is 16.7 Å². The van der Waals surface area contributed by atoms with Crippen LogP contribution in [0.3, 0.4) is 0 Å². The molecule has 1 unspecified atom stereocenters. The van der Waals surface area contributed by atoms with Crippen molar-refractivity contribution in [3.8, 4) is 0 Å². The van der Waals surface area contributed by atoms with Crippen LogP contribution >= 0.6 is 11.6 Å². The van der Waals surface area contributed by atoms with Gasteiger partial charge in [-0.1, -0.05) is 67.4 Å². The Hall–Kier alpha value is -2.20. The number of hydrogen-bond donors (Lipinski definition) is 0. The first-order chi connectivity index (χ1) is 11.6. The van der Waals surface area contributed by atoms with Crippen molar-refractivity contribution in [2.75, 3.05) is 0 Å². The van der Waals surface area contributed by atoms with Crippen LogP contribution in [0, 0.1) is 6.92 Å². The Labute approximate surface area is 147 Å². The summed E-state index contributed by atoms with van der Waals surface area (Å²) < 4.78 is 12.2. The van der Waals surface area contributed by atoms with Gasteiger partial charge in [0.15, 0.2) is 6.04 Å². The average Bonchev–Trinajstić information content (AvgIpc) is 2.62. The summed E-state index contributed by atoms with van der Waals surface area (Å²) in [5, 5.41) is 0.608. The fourth-order valence-electron chi connectivity index (χ4n) is 1.92. The molecule has 0 aliphatic heterocycles. The van der Waals surface area contributed by atoms with Gasteiger partial charge in [-0.25, -0.2) is 4.79 Å². The zero-order valence-electron chi connectivity index (χ0n) is 14.0. The Bertz CT molecular complexity index is 654. The van der Waals surface area contributed by atoms with E-state index in [1.807, 2.05) is 45.0 Å². The Morgan fingerprint density at radius 1 is 1.17 bits per heavy atom. The van der Waals surface area contributed by atoms with Crippen LogP contribution in [0.4, 0.5) is 4.53 Å². The summed E-state index contributed by atoms with van der Waals surface area (Å²) in [4.78, 5) is 19.0. The number of carbonyl (C=O) groups excluding carboxylic acids is 1. The van der Waals surface area contributed by atoms with Crippen LogP contribution in [-0.4, -0.2) is 18.2 Å². The van der Waals surface area contributed by atoms with Gasteiger partial charge in [0, 0.05) is 22.2 Å². The van der Waals surface area contributed by atoms with Crippen LogP contribution in [-0.2, 0) is 16.2 Å². The summed E-state index contributed by atoms with van der Waals surface area (Å²) in [5.74, 6) is -1.01. The molecule has 0 bridgehead atoms. The molecule has 0 saturated carbocycles. The van der Waals surface area contributed by atoms with Crippen LogP contribution in [0.25, 0.3) is 0 Å². The number of benzene rings is 2. The fraction of sp³-hybridized carbons (Fsp3) is 0.263. The van der Waals surface area contributed by atoms with Crippen LogP contribution in [0.1, 0.15) is 30.5 Å². The lowest BCUT2D eigenvalue weighted by atomic mass is 10.0. The second-order valence-electron chi connectivity index (χ2n) is 4.93. The van der Waals surface area contributed by atoms with E-state index in [4.69, 9.17) is 11.6 Å². The smallest absolute Gasteiger partial charge is 0.277 e. The largest absolute Gasteiger partial charge is 0.373 e. The van der Waals surface area contributed by atoms with Gasteiger partial charge in [-0.2, -0.15) is 0 Å². The number of aliphatic imine (C=N–C) groups is 1. The van der Waals surface area contributed by atoms with Gasteiger partial charge in [0.1, 0.15) is 0 Å². The molecule has 128 valence electrons. The lowest BCUT2D eigenvalue weighted by Gasteiger charge is -2.08. The van der Waals surface area contributed by atoms with Crippen LogP contribution in [0.5, 0.6) is 0 Å². The third-order valence-electron chi connectivity index (χ3n) is 3.17. The second kappa shape index (κ2) is 10.6. The molecule has 2 rings (SSSR count). The molecule has 0 radical (unpaired) electrons. The number of aryl methyl sites for hydroxylation is 1. The lowest BCUT2D eigenvalue weighted by molar-refractivity contribution is -0.185. The van der Waals surface area contributed by atoms with Gasteiger partial charge >= 0.3 is 5.97 Å². The van der Waals surface area contributed by atoms with E-state index in [1.54, 1.807) is 24.3 Å². The summed E-state index contributed by atoms with van der Waals surface area (Å²) in [6, 6.07) is 13.6. The zero-order chi connectivity index (χ0) is 17.9. The highest BCUT2D eigenvalue weighted by molar-refractivity contribution is 6.30. The summed E-state index contributed by atoms with van der Waals surface area (Å²) in [6.07, 6.45) is 1.78. The molecule has 2 aromatic carbocycles. The van der Waals surface area contributed by atoms with E-state index in [9.17, 15) is 9.32 Å². The average molecular weight is 350 g/mol. The highest BCUT2D eigenvalue weighted by Gasteiger charge is 2.20. The topological polar surface area (TPSA) is 38.7 Å².